The van der Waals surface area contributed by atoms with Crippen LogP contribution in [0.25, 0.3) is 11.1 Å². The van der Waals surface area contributed by atoms with Crippen LogP contribution in [0.15, 0.2) is 36.5 Å². The highest BCUT2D eigenvalue weighted by Gasteiger charge is 2.40. The summed E-state index contributed by atoms with van der Waals surface area (Å²) in [7, 11) is 1.51. The van der Waals surface area contributed by atoms with Crippen LogP contribution in [0.4, 0.5) is 13.2 Å². The number of alkyl halides is 3. The van der Waals surface area contributed by atoms with Crippen molar-refractivity contribution in [2.24, 2.45) is 5.92 Å². The third-order valence-electron chi connectivity index (χ3n) is 5.23. The molecule has 0 saturated heterocycles. The minimum atomic E-state index is -4.45. The number of aliphatic hydroxyl groups is 1. The number of rotatable bonds is 9. The Morgan fingerprint density at radius 2 is 1.90 bits per heavy atom. The summed E-state index contributed by atoms with van der Waals surface area (Å²) in [6.07, 6.45) is -1.27. The Bertz CT molecular complexity index is 910. The predicted octanol–water partition coefficient (Wildman–Crippen LogP) is 3.68. The molecule has 1 unspecified atom stereocenters. The number of hydrogen-bond donors (Lipinski definition) is 2. The highest BCUT2D eigenvalue weighted by atomic mass is 19.4. The molecule has 9 heteroatoms. The summed E-state index contributed by atoms with van der Waals surface area (Å²) in [5.74, 6) is -0.0893. The van der Waals surface area contributed by atoms with Gasteiger partial charge in [-0.25, -0.2) is 4.98 Å². The summed E-state index contributed by atoms with van der Waals surface area (Å²) in [6, 6.07) is 6.06. The van der Waals surface area contributed by atoms with Gasteiger partial charge in [-0.1, -0.05) is 12.1 Å². The fraction of sp³-hybridized carbons (Fsp3) is 0.455. The zero-order chi connectivity index (χ0) is 22.6. The monoisotopic (exact) mass is 438 g/mol. The first kappa shape index (κ1) is 23.0. The van der Waals surface area contributed by atoms with Crippen molar-refractivity contribution >= 4 is 5.91 Å². The van der Waals surface area contributed by atoms with Gasteiger partial charge in [0, 0.05) is 25.4 Å². The van der Waals surface area contributed by atoms with Crippen LogP contribution in [-0.4, -0.2) is 48.5 Å². The second-order valence-electron chi connectivity index (χ2n) is 7.81. The van der Waals surface area contributed by atoms with Crippen molar-refractivity contribution in [1.29, 1.82) is 0 Å². The number of benzene rings is 1. The van der Waals surface area contributed by atoms with Gasteiger partial charge in [0.2, 0.25) is 5.88 Å². The summed E-state index contributed by atoms with van der Waals surface area (Å²) >= 11 is 0. The van der Waals surface area contributed by atoms with E-state index >= 15 is 0 Å². The molecule has 0 radical (unpaired) electrons. The fourth-order valence-corrected chi connectivity index (χ4v) is 3.17. The van der Waals surface area contributed by atoms with E-state index in [2.05, 4.69) is 10.3 Å². The molecular formula is C22H25F3N2O4. The molecule has 0 bridgehead atoms. The maximum Gasteiger partial charge on any atom is 0.416 e. The minimum Gasteiger partial charge on any atom is -0.475 e. The molecular weight excluding hydrogens is 413 g/mol. The number of carbonyl (C=O) groups is 1. The standard InChI is InChI=1S/C22H25F3N2O4/c1-21(29,16-7-8-16)13-27-19(28)15-11-18(20(26-12-15)31-10-9-30-2)14-3-5-17(6-4-14)22(23,24)25/h3-6,11-12,16,29H,7-10,13H2,1-2H3,(H,27,28). The number of halogens is 3. The summed E-state index contributed by atoms with van der Waals surface area (Å²) in [5, 5.41) is 13.1. The Hall–Kier alpha value is -2.65. The molecule has 0 aliphatic heterocycles. The Morgan fingerprint density at radius 1 is 1.23 bits per heavy atom. The molecule has 3 rings (SSSR count). The topological polar surface area (TPSA) is 80.7 Å². The van der Waals surface area contributed by atoms with Crippen LogP contribution in [0, 0.1) is 5.92 Å². The van der Waals surface area contributed by atoms with Gasteiger partial charge in [-0.05, 0) is 49.4 Å². The van der Waals surface area contributed by atoms with E-state index in [4.69, 9.17) is 9.47 Å². The number of ether oxygens (including phenoxy) is 2. The lowest BCUT2D eigenvalue weighted by atomic mass is 10.0. The van der Waals surface area contributed by atoms with Crippen LogP contribution >= 0.6 is 0 Å². The van der Waals surface area contributed by atoms with E-state index in [1.54, 1.807) is 6.92 Å². The lowest BCUT2D eigenvalue weighted by molar-refractivity contribution is -0.137. The third kappa shape index (κ3) is 5.95. The molecule has 168 valence electrons. The highest BCUT2D eigenvalue weighted by Crippen LogP contribution is 2.39. The zero-order valence-corrected chi connectivity index (χ0v) is 17.3. The van der Waals surface area contributed by atoms with Crippen LogP contribution in [0.1, 0.15) is 35.7 Å². The van der Waals surface area contributed by atoms with Gasteiger partial charge >= 0.3 is 6.18 Å². The summed E-state index contributed by atoms with van der Waals surface area (Å²) in [6.45, 7) is 2.27. The largest absolute Gasteiger partial charge is 0.475 e. The number of amides is 1. The summed E-state index contributed by atoms with van der Waals surface area (Å²) < 4.78 is 49.2. The van der Waals surface area contributed by atoms with Gasteiger partial charge in [0.1, 0.15) is 6.61 Å². The smallest absolute Gasteiger partial charge is 0.416 e. The molecule has 1 heterocycles. The Balaban J connectivity index is 1.84. The molecule has 2 aromatic rings. The SMILES string of the molecule is COCCOc1ncc(C(=O)NCC(C)(O)C2CC2)cc1-c1ccc(C(F)(F)F)cc1. The fourth-order valence-electron chi connectivity index (χ4n) is 3.17. The summed E-state index contributed by atoms with van der Waals surface area (Å²) in [5.41, 5.74) is -0.746. The number of methoxy groups -OCH3 is 1. The van der Waals surface area contributed by atoms with E-state index < -0.39 is 23.2 Å². The molecule has 1 aliphatic carbocycles. The van der Waals surface area contributed by atoms with E-state index in [0.717, 1.165) is 25.0 Å². The molecule has 6 nitrogen and oxygen atoms in total. The predicted molar refractivity (Wildman–Crippen MR) is 108 cm³/mol. The van der Waals surface area contributed by atoms with Gasteiger partial charge in [0.05, 0.1) is 23.3 Å². The molecule has 1 aromatic carbocycles. The second-order valence-corrected chi connectivity index (χ2v) is 7.81. The highest BCUT2D eigenvalue weighted by molar-refractivity contribution is 5.95. The lowest BCUT2D eigenvalue weighted by Crippen LogP contribution is -2.42. The Kier molecular flexibility index (Phi) is 6.86. The number of aromatic nitrogens is 1. The second kappa shape index (κ2) is 9.23. The van der Waals surface area contributed by atoms with Crippen molar-refractivity contribution in [2.75, 3.05) is 26.9 Å². The number of nitrogens with zero attached hydrogens (tertiary/aromatic N) is 1. The van der Waals surface area contributed by atoms with Crippen molar-refractivity contribution in [3.8, 4) is 17.0 Å². The van der Waals surface area contributed by atoms with Gasteiger partial charge in [-0.15, -0.1) is 0 Å². The van der Waals surface area contributed by atoms with Crippen LogP contribution < -0.4 is 10.1 Å². The van der Waals surface area contributed by atoms with E-state index in [-0.39, 0.29) is 30.5 Å². The Labute approximate surface area is 178 Å². The summed E-state index contributed by atoms with van der Waals surface area (Å²) in [4.78, 5) is 16.8. The zero-order valence-electron chi connectivity index (χ0n) is 17.3. The van der Waals surface area contributed by atoms with Crippen molar-refractivity contribution in [1.82, 2.24) is 10.3 Å². The van der Waals surface area contributed by atoms with Crippen LogP contribution in [0.3, 0.4) is 0 Å². The van der Waals surface area contributed by atoms with Gasteiger partial charge in [-0.2, -0.15) is 13.2 Å². The molecule has 1 fully saturated rings. The van der Waals surface area contributed by atoms with Gasteiger partial charge < -0.3 is 19.9 Å². The molecule has 31 heavy (non-hydrogen) atoms. The molecule has 1 amide bonds. The maximum absolute atomic E-state index is 12.9. The van der Waals surface area contributed by atoms with E-state index in [9.17, 15) is 23.1 Å². The van der Waals surface area contributed by atoms with E-state index in [0.29, 0.717) is 17.7 Å². The minimum absolute atomic E-state index is 0.0954. The number of nitrogens with one attached hydrogen (secondary N) is 1. The average molecular weight is 438 g/mol. The van der Waals surface area contributed by atoms with Crippen LogP contribution in [-0.2, 0) is 10.9 Å². The number of hydrogen-bond acceptors (Lipinski definition) is 5. The van der Waals surface area contributed by atoms with Crippen LogP contribution in [0.2, 0.25) is 0 Å². The van der Waals surface area contributed by atoms with Crippen molar-refractivity contribution < 1.29 is 32.5 Å². The molecule has 2 N–H and O–H groups in total. The van der Waals surface area contributed by atoms with Crippen molar-refractivity contribution in [2.45, 2.75) is 31.5 Å². The normalized spacial score (nSPS) is 15.9. The van der Waals surface area contributed by atoms with E-state index in [1.807, 2.05) is 0 Å². The lowest BCUT2D eigenvalue weighted by Gasteiger charge is -2.23. The molecule has 1 saturated carbocycles. The van der Waals surface area contributed by atoms with Crippen molar-refractivity contribution in [3.05, 3.63) is 47.7 Å². The number of pyridine rings is 1. The molecule has 1 aliphatic rings. The third-order valence-corrected chi connectivity index (χ3v) is 5.23. The van der Waals surface area contributed by atoms with E-state index in [1.165, 1.54) is 31.5 Å². The molecule has 1 atom stereocenters. The maximum atomic E-state index is 12.9. The first-order valence-electron chi connectivity index (χ1n) is 9.92. The molecule has 0 spiro atoms. The van der Waals surface area contributed by atoms with Gasteiger partial charge in [-0.3, -0.25) is 4.79 Å². The van der Waals surface area contributed by atoms with Gasteiger partial charge in [0.25, 0.3) is 5.91 Å². The number of carbonyl (C=O) groups excluding carboxylic acids is 1. The quantitative estimate of drug-likeness (QED) is 0.584. The van der Waals surface area contributed by atoms with Crippen molar-refractivity contribution in [3.63, 3.8) is 0 Å². The first-order chi connectivity index (χ1) is 14.6. The molecule has 1 aromatic heterocycles. The van der Waals surface area contributed by atoms with Crippen LogP contribution in [0.5, 0.6) is 5.88 Å². The first-order valence-corrected chi connectivity index (χ1v) is 9.92. The average Bonchev–Trinajstić information content (AvgIpc) is 3.58. The van der Waals surface area contributed by atoms with Gasteiger partial charge in [0.15, 0.2) is 0 Å². The Morgan fingerprint density at radius 3 is 2.48 bits per heavy atom.